The summed E-state index contributed by atoms with van der Waals surface area (Å²) in [6.07, 6.45) is 44.9. The van der Waals surface area contributed by atoms with Crippen molar-refractivity contribution in [3.8, 4) is 0 Å². The van der Waals surface area contributed by atoms with Gasteiger partial charge in [-0.1, -0.05) is 136 Å². The zero-order valence-corrected chi connectivity index (χ0v) is 68.3. The zero-order valence-electron chi connectivity index (χ0n) is 68.3. The molecule has 29 atom stereocenters. The van der Waals surface area contributed by atoms with Crippen molar-refractivity contribution in [3.05, 3.63) is 11.6 Å². The Labute approximate surface area is 610 Å². The van der Waals surface area contributed by atoms with Crippen LogP contribution in [-0.2, 0) is 9.53 Å². The third kappa shape index (κ3) is 16.5. The quantitative estimate of drug-likeness (QED) is 0.0553. The zero-order chi connectivity index (χ0) is 72.8. The summed E-state index contributed by atoms with van der Waals surface area (Å²) in [7, 11) is 0. The number of aliphatic hydroxyl groups is 6. The molecule has 8 nitrogen and oxygen atoms in total. The molecular weight excluding hydrogens is 1220 g/mol. The van der Waals surface area contributed by atoms with Crippen molar-refractivity contribution in [1.29, 1.82) is 0 Å². The molecule has 0 spiro atoms. The fourth-order valence-electron chi connectivity index (χ4n) is 28.3. The van der Waals surface area contributed by atoms with Crippen molar-refractivity contribution in [2.45, 2.75) is 398 Å². The molecule has 0 aromatic carbocycles. The minimum absolute atomic E-state index is 0.133. The maximum absolute atomic E-state index is 11.0. The highest BCUT2D eigenvalue weighted by molar-refractivity contribution is 5.65. The smallest absolute Gasteiger partial charge is 0.302 e. The van der Waals surface area contributed by atoms with Crippen molar-refractivity contribution in [2.75, 3.05) is 6.61 Å². The Kier molecular flexibility index (Phi) is 26.9. The van der Waals surface area contributed by atoms with Crippen molar-refractivity contribution in [3.63, 3.8) is 0 Å². The molecule has 0 amide bonds. The van der Waals surface area contributed by atoms with Crippen LogP contribution in [0, 0.1) is 151 Å². The van der Waals surface area contributed by atoms with Crippen LogP contribution in [0.2, 0.25) is 0 Å². The molecule has 11 saturated carbocycles. The molecule has 0 unspecified atom stereocenters. The van der Waals surface area contributed by atoms with Gasteiger partial charge in [-0.25, -0.2) is 0 Å². The lowest BCUT2D eigenvalue weighted by molar-refractivity contribution is -0.152. The number of esters is 1. The molecule has 12 aliphatic carbocycles. The third-order valence-electron chi connectivity index (χ3n) is 35.6. The standard InChI is InChI=1S/2C29H52O2.C29H50O2.C4H8O2/c3*1-7-29(31)17-16-27(5)21(18-29)9-10-22-24-12-11-23(28(24,6)15-14-25(22)27)20(4)8-13-26(30)19(2)3;1-3-6-4(2)5/h2*19-26,30-31H,7-18H2,1-6H3;9,19-20,22-26,30-31H,7-8,10-18H2,1-6H3;3H2,1-2H3/t20-,21+,22+,23-,24+,25+,26-,27+,28-,29+;20-,21-,22+,23-,24+,25+,26-,27+,28-,29+;20-,22+,23-,24+,25+,26-,27+,28-,29+;/m111./s1. The van der Waals surface area contributed by atoms with E-state index in [2.05, 4.69) is 135 Å². The van der Waals surface area contributed by atoms with E-state index in [9.17, 15) is 35.4 Å². The van der Waals surface area contributed by atoms with Crippen molar-refractivity contribution in [2.24, 2.45) is 151 Å². The molecule has 0 aliphatic heterocycles. The van der Waals surface area contributed by atoms with Crippen LogP contribution >= 0.6 is 0 Å². The predicted octanol–water partition coefficient (Wildman–Crippen LogP) is 22.1. The lowest BCUT2D eigenvalue weighted by Crippen LogP contribution is -2.56. The second-order valence-electron chi connectivity index (χ2n) is 41.1. The van der Waals surface area contributed by atoms with Gasteiger partial charge in [0.1, 0.15) is 0 Å². The van der Waals surface area contributed by atoms with Gasteiger partial charge in [-0.05, 0) is 383 Å². The van der Waals surface area contributed by atoms with E-state index in [4.69, 9.17) is 0 Å². The van der Waals surface area contributed by atoms with Crippen molar-refractivity contribution >= 4 is 5.97 Å². The first-order valence-electron chi connectivity index (χ1n) is 43.4. The van der Waals surface area contributed by atoms with Gasteiger partial charge >= 0.3 is 5.97 Å². The first kappa shape index (κ1) is 82.0. The Balaban J connectivity index is 0.000000166. The van der Waals surface area contributed by atoms with E-state index in [1.54, 1.807) is 12.5 Å². The molecule has 0 aromatic rings. The molecule has 0 radical (unpaired) electrons. The molecule has 6 N–H and O–H groups in total. The van der Waals surface area contributed by atoms with Gasteiger partial charge in [0.25, 0.3) is 0 Å². The number of hydrogen-bond acceptors (Lipinski definition) is 8. The van der Waals surface area contributed by atoms with Gasteiger partial charge in [0.15, 0.2) is 0 Å². The second kappa shape index (κ2) is 32.4. The summed E-state index contributed by atoms with van der Waals surface area (Å²) in [5.74, 6) is 15.1. The van der Waals surface area contributed by atoms with Crippen LogP contribution in [0.5, 0.6) is 0 Å². The van der Waals surface area contributed by atoms with Crippen LogP contribution in [0.3, 0.4) is 0 Å². The van der Waals surface area contributed by atoms with Crippen molar-refractivity contribution in [1.82, 2.24) is 0 Å². The average molecular weight is 1380 g/mol. The Morgan fingerprint density at radius 2 is 0.758 bits per heavy atom. The van der Waals surface area contributed by atoms with E-state index in [1.807, 2.05) is 0 Å². The van der Waals surface area contributed by atoms with Gasteiger partial charge in [0, 0.05) is 6.92 Å². The highest BCUT2D eigenvalue weighted by atomic mass is 16.5. The van der Waals surface area contributed by atoms with Gasteiger partial charge in [0.05, 0.1) is 41.7 Å². The van der Waals surface area contributed by atoms with E-state index >= 15 is 0 Å². The van der Waals surface area contributed by atoms with E-state index in [0.717, 1.165) is 178 Å². The number of carbonyl (C=O) groups is 1. The fraction of sp³-hybridized carbons (Fsp3) is 0.967. The molecule has 12 aliphatic rings. The van der Waals surface area contributed by atoms with E-state index in [-0.39, 0.29) is 35.5 Å². The van der Waals surface area contributed by atoms with Gasteiger partial charge in [0.2, 0.25) is 0 Å². The second-order valence-corrected chi connectivity index (χ2v) is 41.1. The molecule has 8 heteroatoms. The van der Waals surface area contributed by atoms with E-state index in [1.165, 1.54) is 155 Å². The highest BCUT2D eigenvalue weighted by Crippen LogP contribution is 2.73. The number of rotatable bonds is 19. The molecule has 0 aromatic heterocycles. The molecule has 574 valence electrons. The highest BCUT2D eigenvalue weighted by Gasteiger charge is 2.65. The van der Waals surface area contributed by atoms with Gasteiger partial charge in [-0.2, -0.15) is 0 Å². The summed E-state index contributed by atoms with van der Waals surface area (Å²) in [4.78, 5) is 9.82. The SMILES string of the molecule is CCOC(C)=O.CC[C@]1(O)CC[C@@]2(C)C(=CC[C@H]3[C@@H]4CC[C@H]([C@H](C)CC[C@@H](O)C(C)C)[C@@]4(C)CC[C@@H]32)C1.CC[C@]1(O)CC[C@@]2(C)[C@@H](CC[C@@H]3[C@@H]2CC[C@]2(C)[C@@H]([C@H](C)CC[C@@H](O)C(C)C)CC[C@@H]32)C1.CC[C@]1(O)CC[C@@]2(C)[C@H](CC[C@@H]3[C@@H]2CC[C@]2(C)[C@@H]([C@H](C)CC[C@@H](O)C(C)C)CC[C@@H]32)C1. The Hall–Kier alpha value is -1.03. The fourth-order valence-corrected chi connectivity index (χ4v) is 28.3. The summed E-state index contributed by atoms with van der Waals surface area (Å²) < 4.78 is 4.40. The number of allylic oxidation sites excluding steroid dienone is 1. The Morgan fingerprint density at radius 1 is 0.414 bits per heavy atom. The first-order chi connectivity index (χ1) is 46.4. The maximum Gasteiger partial charge on any atom is 0.302 e. The average Bonchev–Trinajstić information content (AvgIpc) is 1.71. The Bertz CT molecular complexity index is 2510. The predicted molar refractivity (Wildman–Crippen MR) is 411 cm³/mol. The molecular formula is C91H162O8. The van der Waals surface area contributed by atoms with Crippen LogP contribution in [0.4, 0.5) is 0 Å². The maximum atomic E-state index is 11.0. The molecule has 0 heterocycles. The Morgan fingerprint density at radius 3 is 1.09 bits per heavy atom. The van der Waals surface area contributed by atoms with Gasteiger partial charge < -0.3 is 35.4 Å². The normalized spacial score (nSPS) is 45.9. The van der Waals surface area contributed by atoms with Crippen LogP contribution < -0.4 is 0 Å². The van der Waals surface area contributed by atoms with Crippen LogP contribution in [-0.4, -0.2) is 78.3 Å². The van der Waals surface area contributed by atoms with Crippen molar-refractivity contribution < 1.29 is 40.2 Å². The molecule has 99 heavy (non-hydrogen) atoms. The lowest BCUT2D eigenvalue weighted by atomic mass is 9.43. The minimum Gasteiger partial charge on any atom is -0.466 e. The molecule has 12 rings (SSSR count). The van der Waals surface area contributed by atoms with Gasteiger partial charge in [-0.15, -0.1) is 0 Å². The number of ether oxygens (including phenoxy) is 1. The number of carbonyl (C=O) groups excluding carboxylic acids is 1. The van der Waals surface area contributed by atoms with Crippen LogP contribution in [0.15, 0.2) is 11.6 Å². The number of hydrogen-bond donors (Lipinski definition) is 6. The molecule has 11 fully saturated rings. The summed E-state index contributed by atoms with van der Waals surface area (Å²) in [6.45, 7) is 46.2. The summed E-state index contributed by atoms with van der Waals surface area (Å²) in [5.41, 5.74) is 3.18. The topological polar surface area (TPSA) is 148 Å². The van der Waals surface area contributed by atoms with Crippen LogP contribution in [0.25, 0.3) is 0 Å². The summed E-state index contributed by atoms with van der Waals surface area (Å²) in [6, 6.07) is 0. The molecule has 0 bridgehead atoms. The number of fused-ring (bicyclic) bond motifs is 15. The lowest BCUT2D eigenvalue weighted by Gasteiger charge is -2.62. The third-order valence-corrected chi connectivity index (χ3v) is 35.6. The number of aliphatic hydroxyl groups excluding tert-OH is 3. The van der Waals surface area contributed by atoms with E-state index in [0.29, 0.717) is 56.9 Å². The van der Waals surface area contributed by atoms with Crippen LogP contribution in [0.1, 0.15) is 363 Å². The summed E-state index contributed by atoms with van der Waals surface area (Å²) >= 11 is 0. The van der Waals surface area contributed by atoms with Gasteiger partial charge in [-0.3, -0.25) is 4.79 Å². The first-order valence-corrected chi connectivity index (χ1v) is 43.4. The monoisotopic (exact) mass is 1380 g/mol. The largest absolute Gasteiger partial charge is 0.466 e. The summed E-state index contributed by atoms with van der Waals surface area (Å²) in [5, 5.41) is 64.1. The molecule has 0 saturated heterocycles. The minimum atomic E-state index is -0.449. The van der Waals surface area contributed by atoms with E-state index < -0.39 is 5.60 Å².